The Balaban J connectivity index is 2.12. The van der Waals surface area contributed by atoms with Gasteiger partial charge >= 0.3 is 0 Å². The molecule has 0 aliphatic carbocycles. The number of aryl methyl sites for hydroxylation is 2. The maximum atomic E-state index is 12.8. The molecule has 5 heteroatoms. The van der Waals surface area contributed by atoms with Crippen molar-refractivity contribution in [3.63, 3.8) is 0 Å². The zero-order chi connectivity index (χ0) is 19.1. The van der Waals surface area contributed by atoms with Gasteiger partial charge in [-0.3, -0.25) is 9.59 Å². The maximum Gasteiger partial charge on any atom is 0.242 e. The number of benzene rings is 2. The third-order valence-corrected chi connectivity index (χ3v) is 4.64. The molecular weight excluding hydrogens is 348 g/mol. The van der Waals surface area contributed by atoms with Crippen molar-refractivity contribution >= 4 is 23.4 Å². The minimum absolute atomic E-state index is 0.0540. The smallest absolute Gasteiger partial charge is 0.242 e. The van der Waals surface area contributed by atoms with Crippen LogP contribution in [0, 0.1) is 6.92 Å². The van der Waals surface area contributed by atoms with Crippen LogP contribution in [0.25, 0.3) is 0 Å². The Morgan fingerprint density at radius 3 is 2.42 bits per heavy atom. The van der Waals surface area contributed by atoms with E-state index in [1.165, 1.54) is 5.56 Å². The third-order valence-electron chi connectivity index (χ3n) is 4.40. The molecule has 2 aromatic rings. The predicted octanol–water partition coefficient (Wildman–Crippen LogP) is 3.74. The van der Waals surface area contributed by atoms with Crippen LogP contribution in [0.5, 0.6) is 0 Å². The first kappa shape index (κ1) is 20.0. The van der Waals surface area contributed by atoms with E-state index in [0.29, 0.717) is 24.4 Å². The SMILES string of the molecule is CNC(=O)C(C)N(Cc1cccc(Cl)c1)C(=O)CCc1ccc(C)cc1. The van der Waals surface area contributed by atoms with Crippen molar-refractivity contribution in [3.05, 3.63) is 70.2 Å². The highest BCUT2D eigenvalue weighted by Crippen LogP contribution is 2.16. The molecule has 1 N–H and O–H groups in total. The number of hydrogen-bond donors (Lipinski definition) is 1. The highest BCUT2D eigenvalue weighted by molar-refractivity contribution is 6.30. The molecule has 0 saturated carbocycles. The summed E-state index contributed by atoms with van der Waals surface area (Å²) in [4.78, 5) is 26.6. The van der Waals surface area contributed by atoms with E-state index in [4.69, 9.17) is 11.6 Å². The number of hydrogen-bond acceptors (Lipinski definition) is 2. The molecule has 1 unspecified atom stereocenters. The number of amides is 2. The van der Waals surface area contributed by atoms with Gasteiger partial charge in [-0.2, -0.15) is 0 Å². The van der Waals surface area contributed by atoms with E-state index in [1.54, 1.807) is 24.9 Å². The first-order chi connectivity index (χ1) is 12.4. The van der Waals surface area contributed by atoms with Crippen molar-refractivity contribution in [3.8, 4) is 0 Å². The Hall–Kier alpha value is -2.33. The van der Waals surface area contributed by atoms with Crippen molar-refractivity contribution in [2.75, 3.05) is 7.05 Å². The second kappa shape index (κ2) is 9.39. The summed E-state index contributed by atoms with van der Waals surface area (Å²) in [6.07, 6.45) is 0.997. The van der Waals surface area contributed by atoms with E-state index in [1.807, 2.05) is 49.4 Å². The second-order valence-corrected chi connectivity index (χ2v) is 6.86. The molecule has 2 aromatic carbocycles. The van der Waals surface area contributed by atoms with Gasteiger partial charge in [0.2, 0.25) is 11.8 Å². The highest BCUT2D eigenvalue weighted by atomic mass is 35.5. The van der Waals surface area contributed by atoms with Crippen molar-refractivity contribution in [1.82, 2.24) is 10.2 Å². The maximum absolute atomic E-state index is 12.8. The van der Waals surface area contributed by atoms with Gasteiger partial charge in [-0.1, -0.05) is 53.6 Å². The number of carbonyl (C=O) groups excluding carboxylic acids is 2. The fourth-order valence-electron chi connectivity index (χ4n) is 2.77. The molecule has 0 aromatic heterocycles. The van der Waals surface area contributed by atoms with E-state index >= 15 is 0 Å². The number of nitrogens with zero attached hydrogens (tertiary/aromatic N) is 1. The van der Waals surface area contributed by atoms with Crippen LogP contribution in [0.3, 0.4) is 0 Å². The van der Waals surface area contributed by atoms with Crippen molar-refractivity contribution in [2.45, 2.75) is 39.3 Å². The van der Waals surface area contributed by atoms with E-state index in [9.17, 15) is 9.59 Å². The third kappa shape index (κ3) is 5.60. The van der Waals surface area contributed by atoms with Crippen LogP contribution < -0.4 is 5.32 Å². The van der Waals surface area contributed by atoms with Gasteiger partial charge in [0.1, 0.15) is 6.04 Å². The van der Waals surface area contributed by atoms with E-state index in [0.717, 1.165) is 11.1 Å². The molecule has 26 heavy (non-hydrogen) atoms. The lowest BCUT2D eigenvalue weighted by atomic mass is 10.1. The molecule has 2 amide bonds. The minimum atomic E-state index is -0.551. The number of nitrogens with one attached hydrogen (secondary N) is 1. The number of halogens is 1. The summed E-state index contributed by atoms with van der Waals surface area (Å²) in [6, 6.07) is 14.9. The summed E-state index contributed by atoms with van der Waals surface area (Å²) in [5.74, 6) is -0.239. The van der Waals surface area contributed by atoms with E-state index in [2.05, 4.69) is 5.32 Å². The normalized spacial score (nSPS) is 11.7. The zero-order valence-corrected chi connectivity index (χ0v) is 16.2. The number of likely N-dealkylation sites (N-methyl/N-ethyl adjacent to an activating group) is 1. The molecular formula is C21H25ClN2O2. The quantitative estimate of drug-likeness (QED) is 0.804. The second-order valence-electron chi connectivity index (χ2n) is 6.43. The topological polar surface area (TPSA) is 49.4 Å². The van der Waals surface area contributed by atoms with Crippen LogP contribution in [0.1, 0.15) is 30.0 Å². The monoisotopic (exact) mass is 372 g/mol. The Morgan fingerprint density at radius 1 is 1.12 bits per heavy atom. The average molecular weight is 373 g/mol. The van der Waals surface area contributed by atoms with Gasteiger partial charge in [0.05, 0.1) is 0 Å². The van der Waals surface area contributed by atoms with Gasteiger partial charge < -0.3 is 10.2 Å². The molecule has 0 aliphatic rings. The first-order valence-corrected chi connectivity index (χ1v) is 9.09. The summed E-state index contributed by atoms with van der Waals surface area (Å²) >= 11 is 6.05. The molecule has 2 rings (SSSR count). The van der Waals surface area contributed by atoms with Crippen LogP contribution in [-0.4, -0.2) is 29.8 Å². The molecule has 0 saturated heterocycles. The fourth-order valence-corrected chi connectivity index (χ4v) is 2.99. The minimum Gasteiger partial charge on any atom is -0.357 e. The summed E-state index contributed by atoms with van der Waals surface area (Å²) in [7, 11) is 1.58. The number of rotatable bonds is 7. The molecule has 138 valence electrons. The van der Waals surface area contributed by atoms with E-state index < -0.39 is 6.04 Å². The van der Waals surface area contributed by atoms with Gasteiger partial charge in [-0.25, -0.2) is 0 Å². The molecule has 1 atom stereocenters. The molecule has 0 heterocycles. The Morgan fingerprint density at radius 2 is 1.81 bits per heavy atom. The molecule has 4 nitrogen and oxygen atoms in total. The summed E-state index contributed by atoms with van der Waals surface area (Å²) in [5.41, 5.74) is 3.20. The highest BCUT2D eigenvalue weighted by Gasteiger charge is 2.25. The molecule has 0 fully saturated rings. The molecule has 0 bridgehead atoms. The van der Waals surface area contributed by atoms with Gasteiger partial charge in [0.15, 0.2) is 0 Å². The summed E-state index contributed by atoms with van der Waals surface area (Å²) in [6.45, 7) is 4.13. The standard InChI is InChI=1S/C21H25ClN2O2/c1-15-7-9-17(10-8-15)11-12-20(25)24(16(2)21(26)23-3)14-18-5-4-6-19(22)13-18/h4-10,13,16H,11-12,14H2,1-3H3,(H,23,26). The molecule has 0 spiro atoms. The molecule has 0 aliphatic heterocycles. The molecule has 0 radical (unpaired) electrons. The lowest BCUT2D eigenvalue weighted by Gasteiger charge is -2.28. The van der Waals surface area contributed by atoms with Crippen LogP contribution in [0.4, 0.5) is 0 Å². The Bertz CT molecular complexity index is 759. The summed E-state index contributed by atoms with van der Waals surface area (Å²) < 4.78 is 0. The average Bonchev–Trinajstić information content (AvgIpc) is 2.64. The van der Waals surface area contributed by atoms with Crippen molar-refractivity contribution in [1.29, 1.82) is 0 Å². The van der Waals surface area contributed by atoms with Crippen LogP contribution in [0.2, 0.25) is 5.02 Å². The van der Waals surface area contributed by atoms with Gasteiger partial charge in [0.25, 0.3) is 0 Å². The van der Waals surface area contributed by atoms with Crippen molar-refractivity contribution in [2.24, 2.45) is 0 Å². The Kier molecular flexibility index (Phi) is 7.22. The summed E-state index contributed by atoms with van der Waals surface area (Å²) in [5, 5.41) is 3.23. The van der Waals surface area contributed by atoms with Gasteiger partial charge in [-0.05, 0) is 43.5 Å². The predicted molar refractivity (Wildman–Crippen MR) is 105 cm³/mol. The van der Waals surface area contributed by atoms with E-state index in [-0.39, 0.29) is 11.8 Å². The van der Waals surface area contributed by atoms with Gasteiger partial charge in [0, 0.05) is 25.0 Å². The number of carbonyl (C=O) groups is 2. The van der Waals surface area contributed by atoms with Gasteiger partial charge in [-0.15, -0.1) is 0 Å². The fraction of sp³-hybridized carbons (Fsp3) is 0.333. The van der Waals surface area contributed by atoms with Crippen LogP contribution in [0.15, 0.2) is 48.5 Å². The van der Waals surface area contributed by atoms with Crippen LogP contribution >= 0.6 is 11.6 Å². The van der Waals surface area contributed by atoms with Crippen LogP contribution in [-0.2, 0) is 22.6 Å². The zero-order valence-electron chi connectivity index (χ0n) is 15.5. The lowest BCUT2D eigenvalue weighted by Crippen LogP contribution is -2.46. The Labute approximate surface area is 160 Å². The lowest BCUT2D eigenvalue weighted by molar-refractivity contribution is -0.140. The van der Waals surface area contributed by atoms with Crippen molar-refractivity contribution < 1.29 is 9.59 Å². The largest absolute Gasteiger partial charge is 0.357 e. The first-order valence-electron chi connectivity index (χ1n) is 8.71.